The Bertz CT molecular complexity index is 172. The van der Waals surface area contributed by atoms with Gasteiger partial charge in [-0.3, -0.25) is 0 Å². The molecule has 1 atom stereocenters. The third kappa shape index (κ3) is 24.8. The number of amides is 1. The zero-order chi connectivity index (χ0) is 13.5. The van der Waals surface area contributed by atoms with Crippen molar-refractivity contribution in [3.63, 3.8) is 0 Å². The molecule has 114 valence electrons. The van der Waals surface area contributed by atoms with Gasteiger partial charge >= 0.3 is 6.09 Å². The molecule has 0 radical (unpaired) electrons. The van der Waals surface area contributed by atoms with Crippen molar-refractivity contribution in [3.8, 4) is 0 Å². The molecule has 0 aromatic heterocycles. The fraction of sp³-hybridized carbons (Fsp3) is 0.923. The van der Waals surface area contributed by atoms with Crippen LogP contribution in [0.25, 0.3) is 0 Å². The van der Waals surface area contributed by atoms with Gasteiger partial charge in [-0.15, -0.1) is 0 Å². The summed E-state index contributed by atoms with van der Waals surface area (Å²) >= 11 is 0. The normalized spacial score (nSPS) is 9.00. The second-order valence-corrected chi connectivity index (χ2v) is 4.15. The van der Waals surface area contributed by atoms with E-state index in [0.717, 1.165) is 13.0 Å². The van der Waals surface area contributed by atoms with Crippen LogP contribution >= 0.6 is 9.90 Å². The van der Waals surface area contributed by atoms with Crippen LogP contribution in [-0.4, -0.2) is 32.5 Å². The monoisotopic (exact) mass is 283 g/mol. The maximum absolute atomic E-state index is 10.8. The highest BCUT2D eigenvalue weighted by Crippen LogP contribution is 1.98. The summed E-state index contributed by atoms with van der Waals surface area (Å²) in [5.74, 6) is 0.660. The van der Waals surface area contributed by atoms with Crippen molar-refractivity contribution in [2.45, 2.75) is 47.5 Å². The van der Waals surface area contributed by atoms with Gasteiger partial charge in [0.15, 0.2) is 0 Å². The van der Waals surface area contributed by atoms with Gasteiger partial charge in [-0.1, -0.05) is 34.1 Å². The molecule has 0 saturated heterocycles. The fourth-order valence-corrected chi connectivity index (χ4v) is 0.828. The van der Waals surface area contributed by atoms with E-state index in [1.54, 1.807) is 6.92 Å². The fourth-order valence-electron chi connectivity index (χ4n) is 0.828. The van der Waals surface area contributed by atoms with Crippen LogP contribution in [0.3, 0.4) is 0 Å². The minimum absolute atomic E-state index is 0. The molecule has 18 heavy (non-hydrogen) atoms. The quantitative estimate of drug-likeness (QED) is 0.574. The first-order valence-corrected chi connectivity index (χ1v) is 6.56. The van der Waals surface area contributed by atoms with E-state index in [1.807, 2.05) is 0 Å². The molecule has 0 aromatic rings. The topological polar surface area (TPSA) is 47.6 Å². The van der Waals surface area contributed by atoms with E-state index in [2.05, 4.69) is 37.7 Å². The molecular formula is C13H34NO3P. The van der Waals surface area contributed by atoms with Gasteiger partial charge in [0.25, 0.3) is 0 Å². The van der Waals surface area contributed by atoms with Crippen LogP contribution in [0.2, 0.25) is 0 Å². The van der Waals surface area contributed by atoms with Crippen LogP contribution in [0.5, 0.6) is 0 Å². The highest BCUT2D eigenvalue weighted by molar-refractivity contribution is 6.92. The van der Waals surface area contributed by atoms with E-state index in [-0.39, 0.29) is 17.4 Å². The zero-order valence-electron chi connectivity index (χ0n) is 12.8. The second-order valence-electron chi connectivity index (χ2n) is 4.15. The molecule has 1 N–H and O–H groups in total. The molecule has 1 unspecified atom stereocenters. The van der Waals surface area contributed by atoms with Crippen molar-refractivity contribution in [2.24, 2.45) is 5.92 Å². The number of carbonyl (C=O) groups excluding carboxylic acids is 1. The van der Waals surface area contributed by atoms with Gasteiger partial charge in [0, 0.05) is 14.6 Å². The number of ether oxygens (including phenoxy) is 2. The molecule has 0 spiro atoms. The first-order chi connectivity index (χ1) is 8.08. The lowest BCUT2D eigenvalue weighted by molar-refractivity contribution is 0.117. The highest BCUT2D eigenvalue weighted by atomic mass is 31.0. The van der Waals surface area contributed by atoms with Crippen molar-refractivity contribution in [1.29, 1.82) is 0 Å². The second kappa shape index (κ2) is 19.0. The van der Waals surface area contributed by atoms with Gasteiger partial charge < -0.3 is 14.8 Å². The summed E-state index contributed by atoms with van der Waals surface area (Å²) in [4.78, 5) is 10.8. The summed E-state index contributed by atoms with van der Waals surface area (Å²) in [7, 11) is 0. The third-order valence-corrected chi connectivity index (χ3v) is 1.63. The number of rotatable bonds is 7. The predicted molar refractivity (Wildman–Crippen MR) is 84.5 cm³/mol. The Kier molecular flexibility index (Phi) is 24.1. The maximum Gasteiger partial charge on any atom is 0.407 e. The summed E-state index contributed by atoms with van der Waals surface area (Å²) in [6, 6.07) is 0. The van der Waals surface area contributed by atoms with E-state index in [4.69, 9.17) is 4.74 Å². The number of hydrogen-bond acceptors (Lipinski definition) is 3. The Labute approximate surface area is 117 Å². The minimum atomic E-state index is -0.375. The predicted octanol–water partition coefficient (Wildman–Crippen LogP) is 3.52. The standard InChI is InChI=1S/C10H21NO3.C3H8.H3P.H2/c1-4-14-10(12)11-6-8-13-7-5-9(2)3;1-3-2;;/h9H,4-8H2,1-3H3,(H,11,12);3H2,1-2H3;1H3;1H. The molecule has 4 nitrogen and oxygen atoms in total. The molecule has 5 heteroatoms. The van der Waals surface area contributed by atoms with Gasteiger partial charge in [-0.25, -0.2) is 4.79 Å². The number of alkyl carbamates (subject to hydrolysis) is 1. The van der Waals surface area contributed by atoms with Gasteiger partial charge in [0.2, 0.25) is 0 Å². The summed E-state index contributed by atoms with van der Waals surface area (Å²) in [5, 5.41) is 2.59. The largest absolute Gasteiger partial charge is 0.450 e. The Morgan fingerprint density at radius 3 is 2.22 bits per heavy atom. The van der Waals surface area contributed by atoms with E-state index >= 15 is 0 Å². The molecule has 1 amide bonds. The third-order valence-electron chi connectivity index (χ3n) is 1.63. The molecule has 0 saturated carbocycles. The molecule has 0 aliphatic heterocycles. The Hall–Kier alpha value is -0.340. The molecule has 0 rings (SSSR count). The van der Waals surface area contributed by atoms with Crippen LogP contribution in [0.15, 0.2) is 0 Å². The lowest BCUT2D eigenvalue weighted by Gasteiger charge is -2.07. The van der Waals surface area contributed by atoms with Crippen LogP contribution in [0, 0.1) is 5.92 Å². The molecule has 0 heterocycles. The van der Waals surface area contributed by atoms with E-state index in [9.17, 15) is 4.79 Å². The van der Waals surface area contributed by atoms with Crippen molar-refractivity contribution in [2.75, 3.05) is 26.4 Å². The van der Waals surface area contributed by atoms with Crippen molar-refractivity contribution in [1.82, 2.24) is 5.32 Å². The van der Waals surface area contributed by atoms with Crippen LogP contribution in [-0.2, 0) is 9.47 Å². The minimum Gasteiger partial charge on any atom is -0.450 e. The van der Waals surface area contributed by atoms with Gasteiger partial charge in [-0.05, 0) is 19.3 Å². The molecule has 0 bridgehead atoms. The first kappa shape index (κ1) is 22.8. The van der Waals surface area contributed by atoms with Crippen molar-refractivity contribution < 1.29 is 15.7 Å². The molecule has 0 aliphatic rings. The summed E-state index contributed by atoms with van der Waals surface area (Å²) < 4.78 is 9.98. The van der Waals surface area contributed by atoms with E-state index < -0.39 is 0 Å². The van der Waals surface area contributed by atoms with E-state index in [0.29, 0.717) is 25.7 Å². The van der Waals surface area contributed by atoms with Crippen molar-refractivity contribution >= 4 is 16.0 Å². The van der Waals surface area contributed by atoms with Gasteiger partial charge in [0.05, 0.1) is 13.2 Å². The average Bonchev–Trinajstić information content (AvgIpc) is 2.24. The number of nitrogens with one attached hydrogen (secondary N) is 1. The van der Waals surface area contributed by atoms with Crippen LogP contribution in [0.1, 0.15) is 48.9 Å². The Balaban J connectivity index is -0.000000204. The maximum atomic E-state index is 10.8. The molecule has 0 aromatic carbocycles. The van der Waals surface area contributed by atoms with Crippen LogP contribution in [0.4, 0.5) is 4.79 Å². The molecule has 0 fully saturated rings. The van der Waals surface area contributed by atoms with Crippen LogP contribution < -0.4 is 5.32 Å². The van der Waals surface area contributed by atoms with Gasteiger partial charge in [0.1, 0.15) is 0 Å². The average molecular weight is 283 g/mol. The SMILES string of the molecule is CCC.CCOC(=O)NCCOCCC(C)C.P.[HH]. The lowest BCUT2D eigenvalue weighted by Crippen LogP contribution is -2.28. The van der Waals surface area contributed by atoms with E-state index in [1.165, 1.54) is 6.42 Å². The smallest absolute Gasteiger partial charge is 0.407 e. The zero-order valence-corrected chi connectivity index (χ0v) is 14.2. The van der Waals surface area contributed by atoms with Crippen molar-refractivity contribution in [3.05, 3.63) is 0 Å². The molecule has 0 aliphatic carbocycles. The molecular weight excluding hydrogens is 249 g/mol. The summed E-state index contributed by atoms with van der Waals surface area (Å²) in [5.41, 5.74) is 0. The Morgan fingerprint density at radius 1 is 1.22 bits per heavy atom. The number of hydrogen-bond donors (Lipinski definition) is 1. The highest BCUT2D eigenvalue weighted by Gasteiger charge is 1.98. The number of carbonyl (C=O) groups is 1. The summed E-state index contributed by atoms with van der Waals surface area (Å²) in [6.45, 7) is 12.5. The summed E-state index contributed by atoms with van der Waals surface area (Å²) in [6.07, 6.45) is 1.93. The Morgan fingerprint density at radius 2 is 1.78 bits per heavy atom. The lowest BCUT2D eigenvalue weighted by atomic mass is 10.1. The van der Waals surface area contributed by atoms with Gasteiger partial charge in [-0.2, -0.15) is 9.90 Å². The first-order valence-electron chi connectivity index (χ1n) is 6.56.